The van der Waals surface area contributed by atoms with Crippen molar-refractivity contribution >= 4 is 11.8 Å². The maximum absolute atomic E-state index is 12.4. The second kappa shape index (κ2) is 8.47. The van der Waals surface area contributed by atoms with E-state index in [0.29, 0.717) is 36.0 Å². The third kappa shape index (κ3) is 4.72. The molecule has 2 aromatic rings. The summed E-state index contributed by atoms with van der Waals surface area (Å²) < 4.78 is 11.4. The smallest absolute Gasteiger partial charge is 0.251 e. The van der Waals surface area contributed by atoms with Gasteiger partial charge in [0.25, 0.3) is 5.91 Å². The van der Waals surface area contributed by atoms with E-state index in [9.17, 15) is 9.59 Å². The van der Waals surface area contributed by atoms with Gasteiger partial charge in [0.05, 0.1) is 13.7 Å². The van der Waals surface area contributed by atoms with E-state index in [0.717, 1.165) is 12.8 Å². The molecule has 1 aliphatic rings. The Morgan fingerprint density at radius 2 is 2.07 bits per heavy atom. The van der Waals surface area contributed by atoms with Crippen LogP contribution in [0.5, 0.6) is 11.5 Å². The Hall–Kier alpha value is -3.17. The van der Waals surface area contributed by atoms with E-state index >= 15 is 0 Å². The summed E-state index contributed by atoms with van der Waals surface area (Å²) in [6, 6.07) is 5.01. The lowest BCUT2D eigenvalue weighted by Crippen LogP contribution is -2.40. The minimum Gasteiger partial charge on any atom is -0.493 e. The fourth-order valence-electron chi connectivity index (χ4n) is 2.90. The zero-order valence-electron chi connectivity index (χ0n) is 15.3. The van der Waals surface area contributed by atoms with Crippen LogP contribution in [-0.4, -0.2) is 63.6 Å². The normalized spacial score (nSPS) is 14.7. The molecule has 1 saturated heterocycles. The van der Waals surface area contributed by atoms with Crippen molar-refractivity contribution in [2.24, 2.45) is 0 Å². The van der Waals surface area contributed by atoms with Crippen molar-refractivity contribution < 1.29 is 19.1 Å². The highest BCUT2D eigenvalue weighted by molar-refractivity contribution is 5.94. The molecular formula is C17H22N6O4. The first kappa shape index (κ1) is 18.6. The second-order valence-electron chi connectivity index (χ2n) is 6.20. The number of aromatic amines is 1. The summed E-state index contributed by atoms with van der Waals surface area (Å²) in [6.45, 7) is 3.06. The Kier molecular flexibility index (Phi) is 5.84. The highest BCUT2D eigenvalue weighted by Crippen LogP contribution is 2.30. The van der Waals surface area contributed by atoms with Crippen LogP contribution < -0.4 is 14.8 Å². The van der Waals surface area contributed by atoms with E-state index in [1.165, 1.54) is 0 Å². The number of amides is 2. The summed E-state index contributed by atoms with van der Waals surface area (Å²) in [5.74, 6) is 1.25. The predicted octanol–water partition coefficient (Wildman–Crippen LogP) is 0.528. The number of methoxy groups -OCH3 is 1. The fraction of sp³-hybridized carbons (Fsp3) is 0.471. The molecule has 144 valence electrons. The van der Waals surface area contributed by atoms with Crippen LogP contribution in [0.25, 0.3) is 0 Å². The number of ether oxygens (including phenoxy) is 2. The first-order chi connectivity index (χ1) is 13.1. The molecule has 10 heteroatoms. The first-order valence-corrected chi connectivity index (χ1v) is 8.67. The average Bonchev–Trinajstić information content (AvgIpc) is 3.20. The number of hydrogen-bond donors (Lipinski definition) is 2. The molecule has 1 aromatic carbocycles. The molecule has 2 amide bonds. The number of piperidine rings is 1. The van der Waals surface area contributed by atoms with Gasteiger partial charge < -0.3 is 19.7 Å². The minimum atomic E-state index is -0.279. The Labute approximate surface area is 156 Å². The molecule has 1 fully saturated rings. The topological polar surface area (TPSA) is 122 Å². The van der Waals surface area contributed by atoms with Crippen molar-refractivity contribution in [1.82, 2.24) is 30.8 Å². The van der Waals surface area contributed by atoms with Gasteiger partial charge in [0.1, 0.15) is 6.10 Å². The van der Waals surface area contributed by atoms with E-state index in [1.807, 2.05) is 0 Å². The number of hydrogen-bond acceptors (Lipinski definition) is 7. The van der Waals surface area contributed by atoms with Crippen molar-refractivity contribution in [2.75, 3.05) is 20.2 Å². The molecule has 0 saturated carbocycles. The number of carbonyl (C=O) groups is 2. The largest absolute Gasteiger partial charge is 0.493 e. The molecule has 0 bridgehead atoms. The third-order valence-electron chi connectivity index (χ3n) is 4.40. The lowest BCUT2D eigenvalue weighted by molar-refractivity contribution is -0.130. The highest BCUT2D eigenvalue weighted by atomic mass is 16.5. The van der Waals surface area contributed by atoms with Gasteiger partial charge in [-0.05, 0) is 18.2 Å². The number of tetrazole rings is 1. The molecule has 3 rings (SSSR count). The summed E-state index contributed by atoms with van der Waals surface area (Å²) in [7, 11) is 1.55. The number of carbonyl (C=O) groups excluding carboxylic acids is 2. The third-order valence-corrected chi connectivity index (χ3v) is 4.40. The quantitative estimate of drug-likeness (QED) is 0.756. The monoisotopic (exact) mass is 374 g/mol. The van der Waals surface area contributed by atoms with Crippen LogP contribution >= 0.6 is 0 Å². The van der Waals surface area contributed by atoms with Crippen molar-refractivity contribution in [1.29, 1.82) is 0 Å². The average molecular weight is 374 g/mol. The standard InChI is InChI=1S/C17H22N6O4/c1-11(24)23-7-5-13(6-8-23)27-15-9-12(3-4-14(15)26-2)17(25)18-10-16-19-21-22-20-16/h3-4,9,13H,5-8,10H2,1-2H3,(H,18,25)(H,19,20,21,22). The van der Waals surface area contributed by atoms with Gasteiger partial charge in [-0.2, -0.15) is 5.21 Å². The van der Waals surface area contributed by atoms with Crippen molar-refractivity contribution in [2.45, 2.75) is 32.4 Å². The zero-order valence-corrected chi connectivity index (χ0v) is 15.3. The number of nitrogens with zero attached hydrogens (tertiary/aromatic N) is 4. The Bertz CT molecular complexity index is 787. The number of rotatable bonds is 6. The van der Waals surface area contributed by atoms with Crippen molar-refractivity contribution in [3.63, 3.8) is 0 Å². The molecular weight excluding hydrogens is 352 g/mol. The predicted molar refractivity (Wildman–Crippen MR) is 94.2 cm³/mol. The lowest BCUT2D eigenvalue weighted by atomic mass is 10.1. The number of aromatic nitrogens is 4. The Morgan fingerprint density at radius 3 is 2.70 bits per heavy atom. The number of nitrogens with one attached hydrogen (secondary N) is 2. The Balaban J connectivity index is 1.64. The SMILES string of the molecule is COc1ccc(C(=O)NCc2nn[nH]n2)cc1OC1CCN(C(C)=O)CC1. The minimum absolute atomic E-state index is 0.0351. The molecule has 1 aromatic heterocycles. The fourth-order valence-corrected chi connectivity index (χ4v) is 2.90. The maximum Gasteiger partial charge on any atom is 0.251 e. The second-order valence-corrected chi connectivity index (χ2v) is 6.20. The van der Waals surface area contributed by atoms with Gasteiger partial charge >= 0.3 is 0 Å². The summed E-state index contributed by atoms with van der Waals surface area (Å²) in [5.41, 5.74) is 0.440. The van der Waals surface area contributed by atoms with E-state index in [-0.39, 0.29) is 24.5 Å². The summed E-state index contributed by atoms with van der Waals surface area (Å²) in [4.78, 5) is 25.6. The molecule has 0 atom stereocenters. The van der Waals surface area contributed by atoms with Crippen molar-refractivity contribution in [3.05, 3.63) is 29.6 Å². The molecule has 27 heavy (non-hydrogen) atoms. The van der Waals surface area contributed by atoms with Crippen LogP contribution in [0.1, 0.15) is 35.9 Å². The molecule has 0 radical (unpaired) electrons. The molecule has 0 spiro atoms. The van der Waals surface area contributed by atoms with Gasteiger partial charge in [0.2, 0.25) is 5.91 Å². The molecule has 2 N–H and O–H groups in total. The van der Waals surface area contributed by atoms with Gasteiger partial charge in [-0.1, -0.05) is 5.21 Å². The van der Waals surface area contributed by atoms with Gasteiger partial charge in [-0.15, -0.1) is 10.2 Å². The van der Waals surface area contributed by atoms with Crippen molar-refractivity contribution in [3.8, 4) is 11.5 Å². The van der Waals surface area contributed by atoms with E-state index in [2.05, 4.69) is 25.9 Å². The molecule has 10 nitrogen and oxygen atoms in total. The molecule has 2 heterocycles. The number of likely N-dealkylation sites (tertiary alicyclic amines) is 1. The molecule has 0 aliphatic carbocycles. The zero-order chi connectivity index (χ0) is 19.2. The first-order valence-electron chi connectivity index (χ1n) is 8.67. The number of H-pyrrole nitrogens is 1. The van der Waals surface area contributed by atoms with Crippen LogP contribution in [0.15, 0.2) is 18.2 Å². The van der Waals surface area contributed by atoms with E-state index in [4.69, 9.17) is 9.47 Å². The van der Waals surface area contributed by atoms with Crippen LogP contribution in [0.2, 0.25) is 0 Å². The summed E-state index contributed by atoms with van der Waals surface area (Å²) >= 11 is 0. The summed E-state index contributed by atoms with van der Waals surface area (Å²) in [6.07, 6.45) is 1.43. The van der Waals surface area contributed by atoms with Gasteiger partial charge in [-0.25, -0.2) is 0 Å². The van der Waals surface area contributed by atoms with Gasteiger partial charge in [0, 0.05) is 38.4 Å². The summed E-state index contributed by atoms with van der Waals surface area (Å²) in [5, 5.41) is 16.1. The van der Waals surface area contributed by atoms with Crippen LogP contribution in [0, 0.1) is 0 Å². The highest BCUT2D eigenvalue weighted by Gasteiger charge is 2.23. The molecule has 0 unspecified atom stereocenters. The maximum atomic E-state index is 12.4. The van der Waals surface area contributed by atoms with E-state index in [1.54, 1.807) is 37.1 Å². The van der Waals surface area contributed by atoms with Crippen LogP contribution in [0.3, 0.4) is 0 Å². The molecule has 1 aliphatic heterocycles. The van der Waals surface area contributed by atoms with E-state index < -0.39 is 0 Å². The van der Waals surface area contributed by atoms with Gasteiger partial charge in [-0.3, -0.25) is 9.59 Å². The van der Waals surface area contributed by atoms with Gasteiger partial charge in [0.15, 0.2) is 17.3 Å². The lowest BCUT2D eigenvalue weighted by Gasteiger charge is -2.31. The van der Waals surface area contributed by atoms with Crippen LogP contribution in [-0.2, 0) is 11.3 Å². The Morgan fingerprint density at radius 1 is 1.30 bits per heavy atom. The number of benzene rings is 1. The van der Waals surface area contributed by atoms with Crippen LogP contribution in [0.4, 0.5) is 0 Å².